The van der Waals surface area contributed by atoms with Crippen LogP contribution in [-0.2, 0) is 0 Å². The molecule has 0 spiro atoms. The van der Waals surface area contributed by atoms with Crippen molar-refractivity contribution in [2.75, 3.05) is 6.61 Å². The summed E-state index contributed by atoms with van der Waals surface area (Å²) in [5.74, 6) is 0.284. The molecule has 86 valence electrons. The van der Waals surface area contributed by atoms with Crippen LogP contribution < -0.4 is 4.74 Å². The maximum absolute atomic E-state index is 12.9. The SMILES string of the molecule is CC(C)(C#N)CCOc1ccc(F)c(Br)c1. The first-order chi connectivity index (χ1) is 7.44. The van der Waals surface area contributed by atoms with Gasteiger partial charge in [-0.05, 0) is 54.4 Å². The number of nitrogens with zero attached hydrogens (tertiary/aromatic N) is 1. The quantitative estimate of drug-likeness (QED) is 0.840. The molecular weight excluding hydrogens is 273 g/mol. The van der Waals surface area contributed by atoms with Gasteiger partial charge < -0.3 is 4.74 Å². The van der Waals surface area contributed by atoms with Crippen molar-refractivity contribution >= 4 is 15.9 Å². The predicted molar refractivity (Wildman–Crippen MR) is 63.6 cm³/mol. The number of hydrogen-bond donors (Lipinski definition) is 0. The number of hydrogen-bond acceptors (Lipinski definition) is 2. The Hall–Kier alpha value is -1.08. The van der Waals surface area contributed by atoms with E-state index in [-0.39, 0.29) is 5.82 Å². The minimum Gasteiger partial charge on any atom is -0.493 e. The summed E-state index contributed by atoms with van der Waals surface area (Å²) in [4.78, 5) is 0. The molecule has 0 saturated carbocycles. The Morgan fingerprint density at radius 3 is 2.75 bits per heavy atom. The van der Waals surface area contributed by atoms with Crippen molar-refractivity contribution in [1.82, 2.24) is 0 Å². The molecule has 0 fully saturated rings. The minimum absolute atomic E-state index is 0.315. The Labute approximate surface area is 103 Å². The summed E-state index contributed by atoms with van der Waals surface area (Å²) in [5, 5.41) is 8.81. The molecule has 0 N–H and O–H groups in total. The molecule has 1 aromatic carbocycles. The van der Waals surface area contributed by atoms with Gasteiger partial charge in [-0.25, -0.2) is 4.39 Å². The molecule has 4 heteroatoms. The zero-order chi connectivity index (χ0) is 12.2. The zero-order valence-corrected chi connectivity index (χ0v) is 10.8. The molecule has 1 aromatic rings. The summed E-state index contributed by atoms with van der Waals surface area (Å²) in [6.07, 6.45) is 0.637. The molecule has 0 saturated heterocycles. The fraction of sp³-hybridized carbons (Fsp3) is 0.417. The molecule has 0 aliphatic carbocycles. The molecule has 1 rings (SSSR count). The van der Waals surface area contributed by atoms with Crippen LogP contribution in [-0.4, -0.2) is 6.61 Å². The van der Waals surface area contributed by atoms with E-state index in [1.54, 1.807) is 12.1 Å². The molecule has 0 radical (unpaired) electrons. The van der Waals surface area contributed by atoms with E-state index in [2.05, 4.69) is 22.0 Å². The Morgan fingerprint density at radius 2 is 2.19 bits per heavy atom. The van der Waals surface area contributed by atoms with Crippen molar-refractivity contribution < 1.29 is 9.13 Å². The fourth-order valence-corrected chi connectivity index (χ4v) is 1.40. The number of halogens is 2. The van der Waals surface area contributed by atoms with Gasteiger partial charge >= 0.3 is 0 Å². The molecule has 0 heterocycles. The van der Waals surface area contributed by atoms with Gasteiger partial charge in [-0.2, -0.15) is 5.26 Å². The molecule has 16 heavy (non-hydrogen) atoms. The van der Waals surface area contributed by atoms with Crippen molar-refractivity contribution in [3.63, 3.8) is 0 Å². The highest BCUT2D eigenvalue weighted by Crippen LogP contribution is 2.23. The van der Waals surface area contributed by atoms with Crippen molar-refractivity contribution in [3.8, 4) is 11.8 Å². The third-order valence-electron chi connectivity index (χ3n) is 2.19. The largest absolute Gasteiger partial charge is 0.493 e. The lowest BCUT2D eigenvalue weighted by Crippen LogP contribution is -2.13. The highest BCUT2D eigenvalue weighted by atomic mass is 79.9. The van der Waals surface area contributed by atoms with Crippen LogP contribution >= 0.6 is 15.9 Å². The zero-order valence-electron chi connectivity index (χ0n) is 9.26. The average Bonchev–Trinajstić information content (AvgIpc) is 2.23. The average molecular weight is 286 g/mol. The van der Waals surface area contributed by atoms with Crippen LogP contribution in [0.25, 0.3) is 0 Å². The summed E-state index contributed by atoms with van der Waals surface area (Å²) in [5.41, 5.74) is -0.392. The number of rotatable bonds is 4. The summed E-state index contributed by atoms with van der Waals surface area (Å²) >= 11 is 3.08. The number of benzene rings is 1. The maximum atomic E-state index is 12.9. The van der Waals surface area contributed by atoms with Gasteiger partial charge in [-0.15, -0.1) is 0 Å². The monoisotopic (exact) mass is 285 g/mol. The highest BCUT2D eigenvalue weighted by molar-refractivity contribution is 9.10. The van der Waals surface area contributed by atoms with Crippen LogP contribution in [0, 0.1) is 22.6 Å². The summed E-state index contributed by atoms with van der Waals surface area (Å²) in [6, 6.07) is 6.69. The van der Waals surface area contributed by atoms with Crippen LogP contribution in [0.1, 0.15) is 20.3 Å². The highest BCUT2D eigenvalue weighted by Gasteiger charge is 2.16. The molecule has 0 aliphatic rings. The van der Waals surface area contributed by atoms with Crippen LogP contribution in [0.5, 0.6) is 5.75 Å². The van der Waals surface area contributed by atoms with E-state index in [0.717, 1.165) is 0 Å². The normalized spacial score (nSPS) is 10.9. The van der Waals surface area contributed by atoms with Crippen molar-refractivity contribution in [1.29, 1.82) is 5.26 Å². The lowest BCUT2D eigenvalue weighted by atomic mass is 9.92. The minimum atomic E-state index is -0.392. The van der Waals surface area contributed by atoms with Crippen molar-refractivity contribution in [2.24, 2.45) is 5.41 Å². The van der Waals surface area contributed by atoms with Crippen molar-refractivity contribution in [2.45, 2.75) is 20.3 Å². The summed E-state index contributed by atoms with van der Waals surface area (Å²) in [7, 11) is 0. The fourth-order valence-electron chi connectivity index (χ4n) is 1.05. The first-order valence-electron chi connectivity index (χ1n) is 4.94. The second-order valence-corrected chi connectivity index (χ2v) is 5.02. The van der Waals surface area contributed by atoms with E-state index in [1.165, 1.54) is 6.07 Å². The van der Waals surface area contributed by atoms with Gasteiger partial charge in [-0.3, -0.25) is 0 Å². The first kappa shape index (κ1) is 13.0. The third-order valence-corrected chi connectivity index (χ3v) is 2.80. The Bertz CT molecular complexity index is 412. The topological polar surface area (TPSA) is 33.0 Å². The maximum Gasteiger partial charge on any atom is 0.137 e. The summed E-state index contributed by atoms with van der Waals surface area (Å²) in [6.45, 7) is 4.16. The van der Waals surface area contributed by atoms with E-state index in [1.807, 2.05) is 13.8 Å². The van der Waals surface area contributed by atoms with E-state index in [0.29, 0.717) is 23.2 Å². The van der Waals surface area contributed by atoms with Crippen LogP contribution in [0.15, 0.2) is 22.7 Å². The molecule has 0 amide bonds. The summed E-state index contributed by atoms with van der Waals surface area (Å²) < 4.78 is 18.7. The van der Waals surface area contributed by atoms with Gasteiger partial charge in [0.2, 0.25) is 0 Å². The molecular formula is C12H13BrFNO. The Balaban J connectivity index is 2.50. The lowest BCUT2D eigenvalue weighted by molar-refractivity contribution is 0.264. The lowest BCUT2D eigenvalue weighted by Gasteiger charge is -2.15. The van der Waals surface area contributed by atoms with Gasteiger partial charge in [0.15, 0.2) is 0 Å². The van der Waals surface area contributed by atoms with E-state index < -0.39 is 5.41 Å². The molecule has 0 bridgehead atoms. The molecule has 0 aromatic heterocycles. The van der Waals surface area contributed by atoms with Gasteiger partial charge in [0.1, 0.15) is 11.6 Å². The van der Waals surface area contributed by atoms with Gasteiger partial charge in [0.25, 0.3) is 0 Å². The second-order valence-electron chi connectivity index (χ2n) is 4.17. The van der Waals surface area contributed by atoms with Gasteiger partial charge in [0.05, 0.1) is 22.6 Å². The first-order valence-corrected chi connectivity index (χ1v) is 5.73. The molecule has 0 aliphatic heterocycles. The van der Waals surface area contributed by atoms with Crippen molar-refractivity contribution in [3.05, 3.63) is 28.5 Å². The number of ether oxygens (including phenoxy) is 1. The van der Waals surface area contributed by atoms with E-state index in [9.17, 15) is 4.39 Å². The van der Waals surface area contributed by atoms with E-state index in [4.69, 9.17) is 10.00 Å². The second kappa shape index (κ2) is 5.31. The Morgan fingerprint density at radius 1 is 1.50 bits per heavy atom. The molecule has 2 nitrogen and oxygen atoms in total. The van der Waals surface area contributed by atoms with Gasteiger partial charge in [-0.1, -0.05) is 0 Å². The molecule has 0 unspecified atom stereocenters. The van der Waals surface area contributed by atoms with Gasteiger partial charge in [0, 0.05) is 0 Å². The van der Waals surface area contributed by atoms with Crippen LogP contribution in [0.4, 0.5) is 4.39 Å². The van der Waals surface area contributed by atoms with Crippen LogP contribution in [0.2, 0.25) is 0 Å². The standard InChI is InChI=1S/C12H13BrFNO/c1-12(2,8-15)5-6-16-9-3-4-11(14)10(13)7-9/h3-4,7H,5-6H2,1-2H3. The molecule has 0 atom stereocenters. The van der Waals surface area contributed by atoms with E-state index >= 15 is 0 Å². The Kier molecular flexibility index (Phi) is 4.31. The third kappa shape index (κ3) is 3.82. The van der Waals surface area contributed by atoms with Crippen LogP contribution in [0.3, 0.4) is 0 Å². The predicted octanol–water partition coefficient (Wildman–Crippen LogP) is 3.91. The smallest absolute Gasteiger partial charge is 0.137 e. The number of nitriles is 1.